The summed E-state index contributed by atoms with van der Waals surface area (Å²) in [6.07, 6.45) is -4.70. The molecule has 0 radical (unpaired) electrons. The van der Waals surface area contributed by atoms with E-state index in [4.69, 9.17) is 4.74 Å². The van der Waals surface area contributed by atoms with Crippen LogP contribution in [-0.2, 0) is 17.5 Å². The molecule has 224 valence electrons. The molecule has 1 amide bonds. The quantitative estimate of drug-likeness (QED) is 0.275. The molecule has 3 aromatic carbocycles. The number of rotatable bonds is 7. The summed E-state index contributed by atoms with van der Waals surface area (Å²) in [5, 5.41) is 9.95. The van der Waals surface area contributed by atoms with Gasteiger partial charge in [0.2, 0.25) is 5.91 Å². The number of hydrogen-bond donors (Lipinski definition) is 0. The summed E-state index contributed by atoms with van der Waals surface area (Å²) < 4.78 is 46.6. The van der Waals surface area contributed by atoms with Gasteiger partial charge in [0.1, 0.15) is 5.75 Å². The van der Waals surface area contributed by atoms with Crippen LogP contribution in [0, 0.1) is 0 Å². The standard InChI is InChI=1S/C29H29F3N6O2.2ClH/c1-20(39)37-16-15-36(19-25(37)27(21-9-5-3-6-10-21)22-11-7-4-8-12-22)18-23-17-24(13-14-26(23)40-2)38-28(29(30,31)32)33-34-35-38;;/h3-14,17,25,27H,15-16,18-19H2,1-2H3;2*1H. The second-order valence-corrected chi connectivity index (χ2v) is 9.72. The van der Waals surface area contributed by atoms with Crippen LogP contribution in [0.2, 0.25) is 0 Å². The molecule has 0 spiro atoms. The molecule has 13 heteroatoms. The Hall–Kier alpha value is -3.67. The number of hydrogen-bond acceptors (Lipinski definition) is 6. The fourth-order valence-corrected chi connectivity index (χ4v) is 5.45. The van der Waals surface area contributed by atoms with Crippen molar-refractivity contribution in [1.29, 1.82) is 0 Å². The van der Waals surface area contributed by atoms with Gasteiger partial charge < -0.3 is 9.64 Å². The van der Waals surface area contributed by atoms with Crippen molar-refractivity contribution in [3.63, 3.8) is 0 Å². The van der Waals surface area contributed by atoms with E-state index in [9.17, 15) is 18.0 Å². The fourth-order valence-electron chi connectivity index (χ4n) is 5.45. The Bertz CT molecular complexity index is 1420. The van der Waals surface area contributed by atoms with Gasteiger partial charge in [-0.1, -0.05) is 60.7 Å². The van der Waals surface area contributed by atoms with Crippen molar-refractivity contribution in [3.05, 3.63) is 101 Å². The van der Waals surface area contributed by atoms with Gasteiger partial charge in [-0.25, -0.2) is 0 Å². The van der Waals surface area contributed by atoms with E-state index in [-0.39, 0.29) is 48.4 Å². The normalized spacial score (nSPS) is 15.6. The van der Waals surface area contributed by atoms with Crippen molar-refractivity contribution in [3.8, 4) is 11.4 Å². The molecule has 0 bridgehead atoms. The van der Waals surface area contributed by atoms with Crippen molar-refractivity contribution in [2.24, 2.45) is 0 Å². The van der Waals surface area contributed by atoms with Gasteiger partial charge in [-0.15, -0.1) is 29.9 Å². The zero-order chi connectivity index (χ0) is 28.3. The molecule has 1 atom stereocenters. The summed E-state index contributed by atoms with van der Waals surface area (Å²) >= 11 is 0. The first kappa shape index (κ1) is 32.8. The minimum atomic E-state index is -4.70. The molecule has 1 aromatic heterocycles. The number of halogens is 5. The molecule has 1 aliphatic heterocycles. The highest BCUT2D eigenvalue weighted by Crippen LogP contribution is 2.35. The first-order valence-electron chi connectivity index (χ1n) is 12.9. The van der Waals surface area contributed by atoms with E-state index in [0.717, 1.165) is 11.1 Å². The smallest absolute Gasteiger partial charge is 0.453 e. The number of ether oxygens (including phenoxy) is 1. The average Bonchev–Trinajstić information content (AvgIpc) is 3.46. The summed E-state index contributed by atoms with van der Waals surface area (Å²) in [6.45, 7) is 3.66. The minimum absolute atomic E-state index is 0. The maximum Gasteiger partial charge on any atom is 0.453 e. The molecule has 1 saturated heterocycles. The van der Waals surface area contributed by atoms with Gasteiger partial charge in [-0.3, -0.25) is 9.69 Å². The molecule has 5 rings (SSSR count). The number of carbonyl (C=O) groups is 1. The van der Waals surface area contributed by atoms with Gasteiger partial charge in [0.25, 0.3) is 5.82 Å². The average molecular weight is 624 g/mol. The number of amides is 1. The van der Waals surface area contributed by atoms with E-state index >= 15 is 0 Å². The summed E-state index contributed by atoms with van der Waals surface area (Å²) in [5.41, 5.74) is 3.07. The minimum Gasteiger partial charge on any atom is -0.496 e. The molecule has 8 nitrogen and oxygen atoms in total. The van der Waals surface area contributed by atoms with Crippen molar-refractivity contribution in [2.75, 3.05) is 26.7 Å². The van der Waals surface area contributed by atoms with E-state index in [2.05, 4.69) is 44.7 Å². The van der Waals surface area contributed by atoms with E-state index in [1.165, 1.54) is 13.2 Å². The largest absolute Gasteiger partial charge is 0.496 e. The van der Waals surface area contributed by atoms with Gasteiger partial charge in [-0.2, -0.15) is 17.9 Å². The van der Waals surface area contributed by atoms with Gasteiger partial charge >= 0.3 is 6.18 Å². The van der Waals surface area contributed by atoms with Crippen LogP contribution in [0.4, 0.5) is 13.2 Å². The highest BCUT2D eigenvalue weighted by molar-refractivity contribution is 5.85. The Morgan fingerprint density at radius 3 is 2.14 bits per heavy atom. The predicted octanol–water partition coefficient (Wildman–Crippen LogP) is 5.40. The highest BCUT2D eigenvalue weighted by atomic mass is 35.5. The van der Waals surface area contributed by atoms with Crippen molar-refractivity contribution in [1.82, 2.24) is 30.0 Å². The predicted molar refractivity (Wildman–Crippen MR) is 156 cm³/mol. The Morgan fingerprint density at radius 1 is 0.976 bits per heavy atom. The number of tetrazole rings is 1. The lowest BCUT2D eigenvalue weighted by atomic mass is 9.83. The number of piperazine rings is 1. The van der Waals surface area contributed by atoms with E-state index < -0.39 is 12.0 Å². The lowest BCUT2D eigenvalue weighted by molar-refractivity contribution is -0.146. The third-order valence-corrected chi connectivity index (χ3v) is 7.23. The topological polar surface area (TPSA) is 76.4 Å². The maximum atomic E-state index is 13.5. The molecule has 1 unspecified atom stereocenters. The summed E-state index contributed by atoms with van der Waals surface area (Å²) in [6, 6.07) is 24.8. The summed E-state index contributed by atoms with van der Waals surface area (Å²) in [5.74, 6) is -0.733. The first-order valence-corrected chi connectivity index (χ1v) is 12.9. The number of aromatic nitrogens is 4. The van der Waals surface area contributed by atoms with Crippen LogP contribution in [0.5, 0.6) is 5.75 Å². The van der Waals surface area contributed by atoms with Crippen LogP contribution in [0.3, 0.4) is 0 Å². The third kappa shape index (κ3) is 7.03. The fraction of sp³-hybridized carbons (Fsp3) is 0.310. The van der Waals surface area contributed by atoms with Crippen molar-refractivity contribution >= 4 is 30.7 Å². The Morgan fingerprint density at radius 2 is 1.60 bits per heavy atom. The second kappa shape index (κ2) is 14.0. The van der Waals surface area contributed by atoms with Gasteiger partial charge in [0.05, 0.1) is 18.8 Å². The number of alkyl halides is 3. The van der Waals surface area contributed by atoms with Gasteiger partial charge in [-0.05, 0) is 39.8 Å². The van der Waals surface area contributed by atoms with E-state index in [1.54, 1.807) is 19.1 Å². The van der Waals surface area contributed by atoms with Crippen LogP contribution in [0.25, 0.3) is 5.69 Å². The molecule has 42 heavy (non-hydrogen) atoms. The molecule has 0 N–H and O–H groups in total. The Kier molecular flexibility index (Phi) is 10.9. The lowest BCUT2D eigenvalue weighted by Gasteiger charge is -2.45. The number of methoxy groups -OCH3 is 1. The van der Waals surface area contributed by atoms with Crippen molar-refractivity contribution in [2.45, 2.75) is 31.6 Å². The molecule has 1 aliphatic rings. The SMILES string of the molecule is COc1ccc(-n2nnnc2C(F)(F)F)cc1CN1CCN(C(C)=O)C(C(c2ccccc2)c2ccccc2)C1.Cl.Cl. The van der Waals surface area contributed by atoms with Crippen LogP contribution in [-0.4, -0.2) is 68.7 Å². The molecular weight excluding hydrogens is 592 g/mol. The Balaban J connectivity index is 0.00000242. The number of carbonyl (C=O) groups excluding carboxylic acids is 1. The molecule has 2 heterocycles. The zero-order valence-electron chi connectivity index (χ0n) is 22.9. The van der Waals surface area contributed by atoms with Gasteiger partial charge in [0.15, 0.2) is 0 Å². The molecular formula is C29H31Cl2F3N6O2. The van der Waals surface area contributed by atoms with E-state index in [1.807, 2.05) is 41.3 Å². The first-order chi connectivity index (χ1) is 19.3. The highest BCUT2D eigenvalue weighted by Gasteiger charge is 2.39. The molecule has 1 fully saturated rings. The van der Waals surface area contributed by atoms with Crippen LogP contribution >= 0.6 is 24.8 Å². The summed E-state index contributed by atoms with van der Waals surface area (Å²) in [4.78, 5) is 16.9. The second-order valence-electron chi connectivity index (χ2n) is 9.72. The summed E-state index contributed by atoms with van der Waals surface area (Å²) in [7, 11) is 1.52. The number of nitrogens with zero attached hydrogens (tertiary/aromatic N) is 6. The van der Waals surface area contributed by atoms with Gasteiger partial charge in [0, 0.05) is 44.6 Å². The van der Waals surface area contributed by atoms with Crippen molar-refractivity contribution < 1.29 is 22.7 Å². The maximum absolute atomic E-state index is 13.5. The lowest BCUT2D eigenvalue weighted by Crippen LogP contribution is -2.56. The molecule has 0 saturated carbocycles. The monoisotopic (exact) mass is 622 g/mol. The third-order valence-electron chi connectivity index (χ3n) is 7.23. The van der Waals surface area contributed by atoms with Crippen LogP contribution in [0.1, 0.15) is 35.4 Å². The zero-order valence-corrected chi connectivity index (χ0v) is 24.6. The Labute approximate surface area is 254 Å². The molecule has 0 aliphatic carbocycles. The molecule has 4 aromatic rings. The van der Waals surface area contributed by atoms with Crippen LogP contribution in [0.15, 0.2) is 78.9 Å². The number of benzene rings is 3. The van der Waals surface area contributed by atoms with E-state index in [0.29, 0.717) is 42.2 Å². The van der Waals surface area contributed by atoms with Crippen LogP contribution < -0.4 is 4.74 Å².